The molecule has 0 aliphatic rings. The lowest BCUT2D eigenvalue weighted by atomic mass is 10.1. The number of carbonyl (C=O) groups excluding carboxylic acids is 1. The molecule has 1 aromatic heterocycles. The molecule has 0 aliphatic heterocycles. The average molecular weight is 497 g/mol. The summed E-state index contributed by atoms with van der Waals surface area (Å²) in [4.78, 5) is 42.2. The molecule has 0 bridgehead atoms. The van der Waals surface area contributed by atoms with Crippen molar-refractivity contribution in [3.8, 4) is 11.6 Å². The number of rotatable bonds is 8. The van der Waals surface area contributed by atoms with Gasteiger partial charge in [0.25, 0.3) is 5.56 Å². The smallest absolute Gasteiger partial charge is 0.333 e. The Labute approximate surface area is 207 Å². The van der Waals surface area contributed by atoms with E-state index < -0.39 is 17.1 Å². The van der Waals surface area contributed by atoms with Crippen molar-refractivity contribution in [3.05, 3.63) is 80.5 Å². The van der Waals surface area contributed by atoms with Crippen molar-refractivity contribution in [1.82, 2.24) is 9.13 Å². The molecule has 0 saturated heterocycles. The Hall–Kier alpha value is -3.79. The molecule has 0 spiro atoms. The van der Waals surface area contributed by atoms with Crippen LogP contribution in [0.2, 0.25) is 0 Å². The maximum absolute atomic E-state index is 12.9. The van der Waals surface area contributed by atoms with Gasteiger partial charge in [-0.1, -0.05) is 30.8 Å². The number of carbonyl (C=O) groups is 1. The number of nitrogens with zero attached hydrogens (tertiary/aromatic N) is 3. The lowest BCUT2D eigenvalue weighted by Crippen LogP contribution is -2.39. The Balaban J connectivity index is 1.93. The van der Waals surface area contributed by atoms with Crippen LogP contribution in [0.4, 0.5) is 11.4 Å². The SMILES string of the molecule is CCOc1ccc(N=C(SCC(=O)Nc2ccc(CC)cc2)c2c(O)n(C)c(=O)n(C)c2=O)cc1. The topological polar surface area (TPSA) is 115 Å². The Bertz CT molecular complexity index is 1340. The molecule has 0 atom stereocenters. The summed E-state index contributed by atoms with van der Waals surface area (Å²) < 4.78 is 7.29. The molecule has 0 unspecified atom stereocenters. The Morgan fingerprint density at radius 1 is 1.03 bits per heavy atom. The van der Waals surface area contributed by atoms with Crippen LogP contribution in [-0.4, -0.2) is 37.6 Å². The van der Waals surface area contributed by atoms with E-state index >= 15 is 0 Å². The van der Waals surface area contributed by atoms with Crippen LogP contribution >= 0.6 is 11.8 Å². The molecule has 9 nitrogen and oxygen atoms in total. The number of amides is 1. The van der Waals surface area contributed by atoms with Gasteiger partial charge in [-0.2, -0.15) is 0 Å². The zero-order valence-corrected chi connectivity index (χ0v) is 20.9. The third kappa shape index (κ3) is 6.21. The van der Waals surface area contributed by atoms with Crippen molar-refractivity contribution in [2.45, 2.75) is 20.3 Å². The highest BCUT2D eigenvalue weighted by atomic mass is 32.2. The summed E-state index contributed by atoms with van der Waals surface area (Å²) in [5, 5.41) is 13.6. The first-order valence-electron chi connectivity index (χ1n) is 11.1. The summed E-state index contributed by atoms with van der Waals surface area (Å²) in [6.07, 6.45) is 0.896. The maximum Gasteiger partial charge on any atom is 0.333 e. The number of thioether (sulfide) groups is 1. The van der Waals surface area contributed by atoms with Gasteiger partial charge >= 0.3 is 5.69 Å². The molecule has 184 valence electrons. The fraction of sp³-hybridized carbons (Fsp3) is 0.280. The number of anilines is 1. The van der Waals surface area contributed by atoms with E-state index in [-0.39, 0.29) is 22.3 Å². The molecule has 35 heavy (non-hydrogen) atoms. The number of hydrogen-bond donors (Lipinski definition) is 2. The molecule has 0 saturated carbocycles. The van der Waals surface area contributed by atoms with Crippen LogP contribution in [0.15, 0.2) is 63.1 Å². The van der Waals surface area contributed by atoms with E-state index in [1.54, 1.807) is 24.3 Å². The normalized spacial score (nSPS) is 11.4. The molecule has 10 heteroatoms. The monoisotopic (exact) mass is 496 g/mol. The molecular weight excluding hydrogens is 468 g/mol. The second kappa shape index (κ2) is 11.6. The number of aromatic nitrogens is 2. The minimum Gasteiger partial charge on any atom is -0.494 e. The summed E-state index contributed by atoms with van der Waals surface area (Å²) in [5.74, 6) is -0.239. The number of ether oxygens (including phenoxy) is 1. The number of nitrogens with one attached hydrogen (secondary N) is 1. The summed E-state index contributed by atoms with van der Waals surface area (Å²) >= 11 is 0.989. The van der Waals surface area contributed by atoms with Gasteiger partial charge in [0.1, 0.15) is 16.4 Å². The van der Waals surface area contributed by atoms with Gasteiger partial charge < -0.3 is 15.2 Å². The lowest BCUT2D eigenvalue weighted by Gasteiger charge is -2.13. The van der Waals surface area contributed by atoms with Crippen molar-refractivity contribution < 1.29 is 14.6 Å². The molecule has 2 aromatic carbocycles. The summed E-state index contributed by atoms with van der Waals surface area (Å²) in [7, 11) is 2.67. The van der Waals surface area contributed by atoms with E-state index in [4.69, 9.17) is 4.74 Å². The molecule has 3 aromatic rings. The number of aryl methyl sites for hydroxylation is 1. The Morgan fingerprint density at radius 2 is 1.69 bits per heavy atom. The number of benzene rings is 2. The van der Waals surface area contributed by atoms with Crippen molar-refractivity contribution >= 4 is 34.1 Å². The first kappa shape index (κ1) is 25.8. The molecule has 2 N–H and O–H groups in total. The van der Waals surface area contributed by atoms with Crippen LogP contribution in [0.1, 0.15) is 25.0 Å². The van der Waals surface area contributed by atoms with Crippen molar-refractivity contribution in [2.75, 3.05) is 17.7 Å². The van der Waals surface area contributed by atoms with Crippen LogP contribution in [0.3, 0.4) is 0 Å². The van der Waals surface area contributed by atoms with Gasteiger partial charge in [-0.3, -0.25) is 18.7 Å². The average Bonchev–Trinajstić information content (AvgIpc) is 2.86. The minimum atomic E-state index is -0.710. The predicted molar refractivity (Wildman–Crippen MR) is 139 cm³/mol. The second-order valence-electron chi connectivity index (χ2n) is 7.64. The van der Waals surface area contributed by atoms with Crippen molar-refractivity contribution in [3.63, 3.8) is 0 Å². The van der Waals surface area contributed by atoms with Gasteiger partial charge in [-0.15, -0.1) is 0 Å². The van der Waals surface area contributed by atoms with E-state index in [9.17, 15) is 19.5 Å². The largest absolute Gasteiger partial charge is 0.494 e. The third-order valence-corrected chi connectivity index (χ3v) is 6.19. The Morgan fingerprint density at radius 3 is 2.29 bits per heavy atom. The standard InChI is InChI=1S/C25H28N4O5S/c1-5-16-7-9-17(10-8-16)26-20(30)15-35-22(27-18-11-13-19(14-12-18)34-6-2)21-23(31)28(3)25(33)29(4)24(21)32/h7-14,31H,5-6,15H2,1-4H3,(H,26,30). The highest BCUT2D eigenvalue weighted by molar-refractivity contribution is 8.15. The van der Waals surface area contributed by atoms with Gasteiger partial charge in [-0.05, 0) is 55.3 Å². The first-order valence-corrected chi connectivity index (χ1v) is 12.1. The number of hydrogen-bond acceptors (Lipinski definition) is 7. The minimum absolute atomic E-state index is 0.0726. The first-order chi connectivity index (χ1) is 16.7. The molecule has 0 fully saturated rings. The van der Waals surface area contributed by atoms with E-state index in [1.807, 2.05) is 31.2 Å². The Kier molecular flexibility index (Phi) is 8.53. The van der Waals surface area contributed by atoms with Crippen molar-refractivity contribution in [1.29, 1.82) is 0 Å². The zero-order valence-electron chi connectivity index (χ0n) is 20.1. The fourth-order valence-electron chi connectivity index (χ4n) is 3.24. The van der Waals surface area contributed by atoms with E-state index in [1.165, 1.54) is 14.1 Å². The van der Waals surface area contributed by atoms with Gasteiger partial charge in [0.05, 0.1) is 18.0 Å². The molecule has 0 radical (unpaired) electrons. The van der Waals surface area contributed by atoms with E-state index in [2.05, 4.69) is 17.2 Å². The van der Waals surface area contributed by atoms with E-state index in [0.717, 1.165) is 32.9 Å². The van der Waals surface area contributed by atoms with Gasteiger partial charge in [0.2, 0.25) is 11.8 Å². The van der Waals surface area contributed by atoms with Crippen LogP contribution in [-0.2, 0) is 25.3 Å². The van der Waals surface area contributed by atoms with E-state index in [0.29, 0.717) is 23.7 Å². The van der Waals surface area contributed by atoms with Gasteiger partial charge in [0.15, 0.2) is 0 Å². The fourth-order valence-corrected chi connectivity index (χ4v) is 4.07. The van der Waals surface area contributed by atoms with Gasteiger partial charge in [-0.25, -0.2) is 9.79 Å². The summed E-state index contributed by atoms with van der Waals surface area (Å²) in [6.45, 7) is 4.44. The van der Waals surface area contributed by atoms with Crippen LogP contribution in [0, 0.1) is 0 Å². The molecular formula is C25H28N4O5S. The van der Waals surface area contributed by atoms with Crippen molar-refractivity contribution in [2.24, 2.45) is 19.1 Å². The number of aliphatic imine (C=N–C) groups is 1. The summed E-state index contributed by atoms with van der Waals surface area (Å²) in [6, 6.07) is 14.4. The molecule has 3 rings (SSSR count). The second-order valence-corrected chi connectivity index (χ2v) is 8.60. The lowest BCUT2D eigenvalue weighted by molar-refractivity contribution is -0.113. The molecule has 0 aliphatic carbocycles. The van der Waals surface area contributed by atoms with Crippen LogP contribution < -0.4 is 21.3 Å². The quantitative estimate of drug-likeness (QED) is 0.366. The highest BCUT2D eigenvalue weighted by Crippen LogP contribution is 2.25. The van der Waals surface area contributed by atoms with Crippen LogP contribution in [0.5, 0.6) is 11.6 Å². The molecule has 1 heterocycles. The van der Waals surface area contributed by atoms with Gasteiger partial charge in [0, 0.05) is 19.8 Å². The maximum atomic E-state index is 12.9. The third-order valence-electron chi connectivity index (χ3n) is 5.21. The summed E-state index contributed by atoms with van der Waals surface area (Å²) in [5.41, 5.74) is 0.755. The highest BCUT2D eigenvalue weighted by Gasteiger charge is 2.22. The number of aromatic hydroxyl groups is 1. The zero-order chi connectivity index (χ0) is 25.5. The van der Waals surface area contributed by atoms with Crippen LogP contribution in [0.25, 0.3) is 0 Å². The molecule has 1 amide bonds. The predicted octanol–water partition coefficient (Wildman–Crippen LogP) is 3.20.